The fourth-order valence-corrected chi connectivity index (χ4v) is 2.15. The molecule has 0 saturated heterocycles. The molecule has 19 heavy (non-hydrogen) atoms. The van der Waals surface area contributed by atoms with E-state index in [2.05, 4.69) is 11.2 Å². The molecule has 0 bridgehead atoms. The maximum atomic E-state index is 12.0. The molecule has 1 fully saturated rings. The number of terminal acetylenes is 1. The molecule has 1 aliphatic carbocycles. The number of hydrogen-bond donors (Lipinski definition) is 2. The number of carboxylic acids is 1. The van der Waals surface area contributed by atoms with Crippen LogP contribution in [0, 0.1) is 18.3 Å². The summed E-state index contributed by atoms with van der Waals surface area (Å²) in [4.78, 5) is 24.6. The first-order valence-corrected chi connectivity index (χ1v) is 7.68. The highest BCUT2D eigenvalue weighted by molar-refractivity contribution is 7.98. The first-order chi connectivity index (χ1) is 9.08. The van der Waals surface area contributed by atoms with Crippen LogP contribution < -0.4 is 5.32 Å². The Labute approximate surface area is 118 Å². The molecule has 0 aromatic carbocycles. The van der Waals surface area contributed by atoms with E-state index in [9.17, 15) is 9.59 Å². The molecule has 0 aliphatic heterocycles. The van der Waals surface area contributed by atoms with Gasteiger partial charge in [-0.3, -0.25) is 0 Å². The van der Waals surface area contributed by atoms with Gasteiger partial charge in [0.15, 0.2) is 0 Å². The van der Waals surface area contributed by atoms with Crippen LogP contribution in [0.3, 0.4) is 0 Å². The number of hydrogen-bond acceptors (Lipinski definition) is 3. The highest BCUT2D eigenvalue weighted by Gasteiger charge is 2.28. The van der Waals surface area contributed by atoms with Crippen LogP contribution in [-0.4, -0.2) is 53.1 Å². The zero-order valence-corrected chi connectivity index (χ0v) is 11.9. The molecule has 5 nitrogen and oxygen atoms in total. The summed E-state index contributed by atoms with van der Waals surface area (Å²) in [6, 6.07) is -1.22. The largest absolute Gasteiger partial charge is 0.480 e. The predicted molar refractivity (Wildman–Crippen MR) is 76.1 cm³/mol. The number of aliphatic carboxylic acids is 1. The summed E-state index contributed by atoms with van der Waals surface area (Å²) in [7, 11) is 0. The van der Waals surface area contributed by atoms with Crippen LogP contribution in [0.15, 0.2) is 0 Å². The van der Waals surface area contributed by atoms with E-state index in [-0.39, 0.29) is 12.6 Å². The molecule has 0 aromatic rings. The van der Waals surface area contributed by atoms with E-state index in [1.54, 1.807) is 11.8 Å². The van der Waals surface area contributed by atoms with Gasteiger partial charge >= 0.3 is 12.0 Å². The number of carbonyl (C=O) groups is 2. The zero-order valence-electron chi connectivity index (χ0n) is 11.1. The first-order valence-electron chi connectivity index (χ1n) is 6.29. The first kappa shape index (κ1) is 15.7. The third-order valence-electron chi connectivity index (χ3n) is 2.95. The molecular weight excluding hydrogens is 264 g/mol. The third-order valence-corrected chi connectivity index (χ3v) is 3.60. The van der Waals surface area contributed by atoms with Crippen molar-refractivity contribution in [1.29, 1.82) is 0 Å². The Bertz CT molecular complexity index is 363. The Morgan fingerprint density at radius 3 is 2.74 bits per heavy atom. The van der Waals surface area contributed by atoms with Gasteiger partial charge in [-0.05, 0) is 37.2 Å². The summed E-state index contributed by atoms with van der Waals surface area (Å²) in [5.41, 5.74) is 0. The molecule has 0 radical (unpaired) electrons. The molecule has 0 aromatic heterocycles. The van der Waals surface area contributed by atoms with Gasteiger partial charge in [0.05, 0.1) is 6.54 Å². The van der Waals surface area contributed by atoms with Crippen LogP contribution in [0.1, 0.15) is 19.3 Å². The van der Waals surface area contributed by atoms with Crippen molar-refractivity contribution in [2.75, 3.05) is 25.1 Å². The van der Waals surface area contributed by atoms with Crippen LogP contribution in [0.4, 0.5) is 4.79 Å². The minimum absolute atomic E-state index is 0.219. The van der Waals surface area contributed by atoms with Crippen LogP contribution in [0.25, 0.3) is 0 Å². The molecule has 1 atom stereocenters. The Hall–Kier alpha value is -1.35. The Morgan fingerprint density at radius 1 is 1.58 bits per heavy atom. The highest BCUT2D eigenvalue weighted by Crippen LogP contribution is 2.29. The summed E-state index contributed by atoms with van der Waals surface area (Å²) >= 11 is 1.55. The Morgan fingerprint density at radius 2 is 2.26 bits per heavy atom. The molecule has 1 saturated carbocycles. The van der Waals surface area contributed by atoms with Crippen LogP contribution in [0.2, 0.25) is 0 Å². The summed E-state index contributed by atoms with van der Waals surface area (Å²) in [5.74, 6) is 2.65. The summed E-state index contributed by atoms with van der Waals surface area (Å²) in [6.07, 6.45) is 9.78. The summed E-state index contributed by atoms with van der Waals surface area (Å²) in [6.45, 7) is 0.835. The lowest BCUT2D eigenvalue weighted by Gasteiger charge is -2.23. The third kappa shape index (κ3) is 5.88. The van der Waals surface area contributed by atoms with E-state index in [0.717, 1.165) is 12.8 Å². The quantitative estimate of drug-likeness (QED) is 0.658. The molecule has 0 spiro atoms. The second kappa shape index (κ2) is 7.95. The average molecular weight is 284 g/mol. The number of nitrogens with one attached hydrogen (secondary N) is 1. The van der Waals surface area contributed by atoms with E-state index in [1.807, 2.05) is 6.26 Å². The monoisotopic (exact) mass is 284 g/mol. The molecule has 106 valence electrons. The Kier molecular flexibility index (Phi) is 6.57. The number of rotatable bonds is 8. The number of amides is 2. The molecule has 1 aliphatic rings. The maximum Gasteiger partial charge on any atom is 0.326 e. The van der Waals surface area contributed by atoms with Gasteiger partial charge < -0.3 is 15.3 Å². The van der Waals surface area contributed by atoms with Crippen molar-refractivity contribution in [3.8, 4) is 12.3 Å². The van der Waals surface area contributed by atoms with Crippen molar-refractivity contribution >= 4 is 23.8 Å². The van der Waals surface area contributed by atoms with E-state index in [0.29, 0.717) is 24.6 Å². The van der Waals surface area contributed by atoms with E-state index in [1.165, 1.54) is 4.90 Å². The van der Waals surface area contributed by atoms with Gasteiger partial charge in [-0.2, -0.15) is 11.8 Å². The lowest BCUT2D eigenvalue weighted by atomic mass is 10.2. The van der Waals surface area contributed by atoms with Gasteiger partial charge in [0, 0.05) is 6.54 Å². The van der Waals surface area contributed by atoms with E-state index in [4.69, 9.17) is 11.5 Å². The topological polar surface area (TPSA) is 69.6 Å². The predicted octanol–water partition coefficient (Wildman–Crippen LogP) is 1.25. The minimum Gasteiger partial charge on any atom is -0.480 e. The van der Waals surface area contributed by atoms with Gasteiger partial charge in [-0.25, -0.2) is 9.59 Å². The van der Waals surface area contributed by atoms with Crippen molar-refractivity contribution in [3.63, 3.8) is 0 Å². The number of thioether (sulfide) groups is 1. The molecule has 1 rings (SSSR count). The smallest absolute Gasteiger partial charge is 0.326 e. The highest BCUT2D eigenvalue weighted by atomic mass is 32.2. The van der Waals surface area contributed by atoms with Gasteiger partial charge in [-0.15, -0.1) is 6.42 Å². The van der Waals surface area contributed by atoms with Crippen LogP contribution in [-0.2, 0) is 4.79 Å². The van der Waals surface area contributed by atoms with Gasteiger partial charge in [0.2, 0.25) is 0 Å². The van der Waals surface area contributed by atoms with Crippen molar-refractivity contribution in [1.82, 2.24) is 10.2 Å². The van der Waals surface area contributed by atoms with Gasteiger partial charge in [0.1, 0.15) is 6.04 Å². The lowest BCUT2D eigenvalue weighted by molar-refractivity contribution is -0.139. The Balaban J connectivity index is 2.51. The van der Waals surface area contributed by atoms with Gasteiger partial charge in [-0.1, -0.05) is 5.92 Å². The number of carboxylic acid groups (broad SMARTS) is 1. The summed E-state index contributed by atoms with van der Waals surface area (Å²) < 4.78 is 0. The van der Waals surface area contributed by atoms with Crippen molar-refractivity contribution in [2.45, 2.75) is 25.3 Å². The molecule has 2 amide bonds. The van der Waals surface area contributed by atoms with Gasteiger partial charge in [0.25, 0.3) is 0 Å². The molecule has 2 N–H and O–H groups in total. The van der Waals surface area contributed by atoms with Crippen molar-refractivity contribution in [3.05, 3.63) is 0 Å². The summed E-state index contributed by atoms with van der Waals surface area (Å²) in [5, 5.41) is 11.6. The SMILES string of the molecule is C#CCN(CC1CC1)C(=O)NC(CCSC)C(=O)O. The van der Waals surface area contributed by atoms with E-state index >= 15 is 0 Å². The fourth-order valence-electron chi connectivity index (χ4n) is 1.67. The normalized spacial score (nSPS) is 15.4. The second-order valence-corrected chi connectivity index (χ2v) is 5.64. The second-order valence-electron chi connectivity index (χ2n) is 4.65. The maximum absolute atomic E-state index is 12.0. The van der Waals surface area contributed by atoms with Crippen LogP contribution >= 0.6 is 11.8 Å². The lowest BCUT2D eigenvalue weighted by Crippen LogP contribution is -2.48. The van der Waals surface area contributed by atoms with Crippen molar-refractivity contribution < 1.29 is 14.7 Å². The number of carbonyl (C=O) groups excluding carboxylic acids is 1. The molecule has 6 heteroatoms. The standard InChI is InChI=1S/C13H20N2O3S/c1-3-7-15(9-10-4-5-10)13(18)14-11(12(16)17)6-8-19-2/h1,10-11H,4-9H2,2H3,(H,14,18)(H,16,17). The number of nitrogens with zero attached hydrogens (tertiary/aromatic N) is 1. The van der Waals surface area contributed by atoms with Crippen molar-refractivity contribution in [2.24, 2.45) is 5.92 Å². The molecule has 1 unspecified atom stereocenters. The molecule has 0 heterocycles. The minimum atomic E-state index is -1.01. The van der Waals surface area contributed by atoms with Crippen LogP contribution in [0.5, 0.6) is 0 Å². The zero-order chi connectivity index (χ0) is 14.3. The van der Waals surface area contributed by atoms with E-state index < -0.39 is 12.0 Å². The average Bonchev–Trinajstić information content (AvgIpc) is 3.17. The fraction of sp³-hybridized carbons (Fsp3) is 0.692. The number of urea groups is 1. The molecular formula is C13H20N2O3S.